The van der Waals surface area contributed by atoms with Crippen LogP contribution in [0.2, 0.25) is 5.02 Å². The number of rotatable bonds is 4. The van der Waals surface area contributed by atoms with Crippen LogP contribution in [0.25, 0.3) is 0 Å². The van der Waals surface area contributed by atoms with Crippen LogP contribution >= 0.6 is 11.6 Å². The number of ether oxygens (including phenoxy) is 1. The fourth-order valence-electron chi connectivity index (χ4n) is 3.26. The number of aryl methyl sites for hydroxylation is 1. The lowest BCUT2D eigenvalue weighted by molar-refractivity contribution is -0.133. The van der Waals surface area contributed by atoms with Crippen LogP contribution < -0.4 is 4.74 Å². The average Bonchev–Trinajstić information content (AvgIpc) is 2.87. The number of carbonyl (C=O) groups excluding carboxylic acids is 2. The highest BCUT2D eigenvalue weighted by molar-refractivity contribution is 6.32. The molecule has 0 aromatic heterocycles. The van der Waals surface area contributed by atoms with Gasteiger partial charge in [-0.25, -0.2) is 0 Å². The summed E-state index contributed by atoms with van der Waals surface area (Å²) in [5.41, 5.74) is 2.68. The van der Waals surface area contributed by atoms with Gasteiger partial charge in [-0.15, -0.1) is 0 Å². The summed E-state index contributed by atoms with van der Waals surface area (Å²) in [6, 6.07) is 1.88. The van der Waals surface area contributed by atoms with E-state index in [0.717, 1.165) is 29.7 Å². The Hall–Kier alpha value is -1.75. The van der Waals surface area contributed by atoms with E-state index in [0.29, 0.717) is 36.8 Å². The van der Waals surface area contributed by atoms with E-state index in [1.165, 1.54) is 0 Å². The largest absolute Gasteiger partial charge is 0.496 e. The summed E-state index contributed by atoms with van der Waals surface area (Å²) in [4.78, 5) is 28.4. The molecule has 2 rings (SSSR count). The number of hydrogen-bond acceptors (Lipinski definition) is 3. The van der Waals surface area contributed by atoms with Crippen LogP contribution in [-0.2, 0) is 16.0 Å². The Morgan fingerprint density at radius 3 is 2.28 bits per heavy atom. The van der Waals surface area contributed by atoms with Crippen molar-refractivity contribution in [3.05, 3.63) is 27.8 Å². The molecule has 0 atom stereocenters. The van der Waals surface area contributed by atoms with Crippen LogP contribution in [0.4, 0.5) is 0 Å². The van der Waals surface area contributed by atoms with Crippen molar-refractivity contribution in [2.75, 3.05) is 33.3 Å². The van der Waals surface area contributed by atoms with E-state index in [1.54, 1.807) is 7.11 Å². The quantitative estimate of drug-likeness (QED) is 0.823. The Kier molecular flexibility index (Phi) is 6.71. The van der Waals surface area contributed by atoms with Gasteiger partial charge >= 0.3 is 0 Å². The third-order valence-corrected chi connectivity index (χ3v) is 5.41. The monoisotopic (exact) mass is 366 g/mol. The Balaban J connectivity index is 2.12. The molecule has 1 aliphatic rings. The zero-order chi connectivity index (χ0) is 18.6. The summed E-state index contributed by atoms with van der Waals surface area (Å²) < 4.78 is 5.46. The molecule has 0 spiro atoms. The summed E-state index contributed by atoms with van der Waals surface area (Å²) in [7, 11) is 1.61. The maximum atomic E-state index is 12.8. The highest BCUT2D eigenvalue weighted by atomic mass is 35.5. The average molecular weight is 367 g/mol. The normalized spacial score (nSPS) is 15.1. The van der Waals surface area contributed by atoms with Crippen molar-refractivity contribution in [2.45, 2.75) is 40.0 Å². The second-order valence-corrected chi connectivity index (χ2v) is 6.84. The maximum Gasteiger partial charge on any atom is 0.227 e. The molecule has 0 N–H and O–H groups in total. The zero-order valence-corrected chi connectivity index (χ0v) is 16.3. The van der Waals surface area contributed by atoms with Crippen molar-refractivity contribution in [2.24, 2.45) is 0 Å². The first-order chi connectivity index (χ1) is 11.9. The molecule has 0 aliphatic carbocycles. The molecule has 0 bridgehead atoms. The summed E-state index contributed by atoms with van der Waals surface area (Å²) in [5, 5.41) is 0.680. The summed E-state index contributed by atoms with van der Waals surface area (Å²) in [6.45, 7) is 8.28. The molecule has 0 saturated carbocycles. The molecule has 5 nitrogen and oxygen atoms in total. The number of methoxy groups -OCH3 is 1. The number of amides is 2. The molecule has 1 aliphatic heterocycles. The number of benzene rings is 1. The molecule has 1 aromatic rings. The van der Waals surface area contributed by atoms with Crippen molar-refractivity contribution in [1.82, 2.24) is 9.80 Å². The van der Waals surface area contributed by atoms with Crippen molar-refractivity contribution in [1.29, 1.82) is 0 Å². The molecule has 1 fully saturated rings. The van der Waals surface area contributed by atoms with Crippen molar-refractivity contribution >= 4 is 23.4 Å². The van der Waals surface area contributed by atoms with E-state index in [9.17, 15) is 9.59 Å². The Labute approximate surface area is 154 Å². The van der Waals surface area contributed by atoms with Crippen molar-refractivity contribution < 1.29 is 14.3 Å². The highest BCUT2D eigenvalue weighted by Crippen LogP contribution is 2.32. The van der Waals surface area contributed by atoms with E-state index < -0.39 is 0 Å². The van der Waals surface area contributed by atoms with Crippen LogP contribution in [0.1, 0.15) is 36.5 Å². The molecule has 25 heavy (non-hydrogen) atoms. The number of hydrogen-bond donors (Lipinski definition) is 0. The van der Waals surface area contributed by atoms with Gasteiger partial charge in [0.1, 0.15) is 5.75 Å². The number of halogens is 1. The predicted octanol–water partition coefficient (Wildman–Crippen LogP) is 2.98. The third-order valence-electron chi connectivity index (χ3n) is 4.82. The van der Waals surface area contributed by atoms with Crippen LogP contribution in [0.5, 0.6) is 5.75 Å². The smallest absolute Gasteiger partial charge is 0.227 e. The minimum absolute atomic E-state index is 0.0483. The minimum Gasteiger partial charge on any atom is -0.496 e. The summed E-state index contributed by atoms with van der Waals surface area (Å²) in [5.74, 6) is 0.898. The fourth-order valence-corrected chi connectivity index (χ4v) is 3.43. The highest BCUT2D eigenvalue weighted by Gasteiger charge is 2.23. The molecule has 1 saturated heterocycles. The molecule has 1 aromatic carbocycles. The van der Waals surface area contributed by atoms with Gasteiger partial charge in [-0.2, -0.15) is 0 Å². The van der Waals surface area contributed by atoms with Gasteiger partial charge in [0, 0.05) is 43.2 Å². The van der Waals surface area contributed by atoms with Gasteiger partial charge < -0.3 is 14.5 Å². The van der Waals surface area contributed by atoms with E-state index in [4.69, 9.17) is 16.3 Å². The van der Waals surface area contributed by atoms with Gasteiger partial charge in [-0.05, 0) is 37.5 Å². The lowest BCUT2D eigenvalue weighted by Gasteiger charge is -2.23. The Morgan fingerprint density at radius 1 is 1.12 bits per heavy atom. The van der Waals surface area contributed by atoms with Gasteiger partial charge in [0.2, 0.25) is 11.8 Å². The lowest BCUT2D eigenvalue weighted by atomic mass is 10.0. The molecule has 2 amide bonds. The first-order valence-electron chi connectivity index (χ1n) is 8.77. The Bertz CT molecular complexity index is 661. The minimum atomic E-state index is 0.0483. The van der Waals surface area contributed by atoms with E-state index in [-0.39, 0.29) is 18.2 Å². The number of carbonyl (C=O) groups is 2. The molecule has 1 heterocycles. The van der Waals surface area contributed by atoms with Crippen LogP contribution in [0.3, 0.4) is 0 Å². The lowest BCUT2D eigenvalue weighted by Crippen LogP contribution is -2.37. The molecular weight excluding hydrogens is 340 g/mol. The standard InChI is InChI=1S/C19H27ClN2O3/c1-5-17(23)21-7-6-8-22(10-9-21)18(24)12-15-14(3)19(20)13(2)11-16(15)25-4/h11H,5-10,12H2,1-4H3. The molecule has 0 radical (unpaired) electrons. The van der Waals surface area contributed by atoms with Gasteiger partial charge in [-0.1, -0.05) is 18.5 Å². The fraction of sp³-hybridized carbons (Fsp3) is 0.579. The SMILES string of the molecule is CCC(=O)N1CCCN(C(=O)Cc2c(OC)cc(C)c(Cl)c2C)CC1. The second-order valence-electron chi connectivity index (χ2n) is 6.46. The molecule has 6 heteroatoms. The zero-order valence-electron chi connectivity index (χ0n) is 15.5. The first kappa shape index (κ1) is 19.6. The van der Waals surface area contributed by atoms with E-state index >= 15 is 0 Å². The van der Waals surface area contributed by atoms with Gasteiger partial charge in [-0.3, -0.25) is 9.59 Å². The van der Waals surface area contributed by atoms with Crippen molar-refractivity contribution in [3.63, 3.8) is 0 Å². The molecule has 0 unspecified atom stereocenters. The van der Waals surface area contributed by atoms with E-state index in [2.05, 4.69) is 0 Å². The predicted molar refractivity (Wildman–Crippen MR) is 99.3 cm³/mol. The van der Waals surface area contributed by atoms with Gasteiger partial charge in [0.25, 0.3) is 0 Å². The van der Waals surface area contributed by atoms with Crippen LogP contribution in [0, 0.1) is 13.8 Å². The van der Waals surface area contributed by atoms with Gasteiger partial charge in [0.15, 0.2) is 0 Å². The molecule has 138 valence electrons. The first-order valence-corrected chi connectivity index (χ1v) is 9.14. The third kappa shape index (κ3) is 4.46. The summed E-state index contributed by atoms with van der Waals surface area (Å²) in [6.07, 6.45) is 1.57. The van der Waals surface area contributed by atoms with E-state index in [1.807, 2.05) is 36.6 Å². The van der Waals surface area contributed by atoms with Crippen LogP contribution in [-0.4, -0.2) is 54.9 Å². The second kappa shape index (κ2) is 8.56. The van der Waals surface area contributed by atoms with Gasteiger partial charge in [0.05, 0.1) is 13.5 Å². The van der Waals surface area contributed by atoms with Crippen molar-refractivity contribution in [3.8, 4) is 5.75 Å². The maximum absolute atomic E-state index is 12.8. The molecular formula is C19H27ClN2O3. The summed E-state index contributed by atoms with van der Waals surface area (Å²) >= 11 is 6.35. The topological polar surface area (TPSA) is 49.9 Å². The van der Waals surface area contributed by atoms with Crippen LogP contribution in [0.15, 0.2) is 6.07 Å². The number of nitrogens with zero attached hydrogens (tertiary/aromatic N) is 2. The Morgan fingerprint density at radius 2 is 1.72 bits per heavy atom.